The molecule has 0 bridgehead atoms. The summed E-state index contributed by atoms with van der Waals surface area (Å²) < 4.78 is 0.923. The quantitative estimate of drug-likeness (QED) is 0.784. The van der Waals surface area contributed by atoms with Gasteiger partial charge in [0.2, 0.25) is 0 Å². The molecule has 2 aromatic rings. The van der Waals surface area contributed by atoms with Crippen LogP contribution in [0.2, 0.25) is 0 Å². The maximum absolute atomic E-state index is 11.9. The Balaban J connectivity index is 1.97. The second kappa shape index (κ2) is 4.36. The third kappa shape index (κ3) is 2.08. The predicted molar refractivity (Wildman–Crippen MR) is 73.5 cm³/mol. The first-order valence-electron chi connectivity index (χ1n) is 5.56. The van der Waals surface area contributed by atoms with Crippen molar-refractivity contribution in [3.63, 3.8) is 0 Å². The van der Waals surface area contributed by atoms with E-state index in [0.29, 0.717) is 0 Å². The summed E-state index contributed by atoms with van der Waals surface area (Å²) in [6, 6.07) is 1.92. The zero-order valence-electron chi connectivity index (χ0n) is 9.55. The van der Waals surface area contributed by atoms with E-state index < -0.39 is 0 Å². The SMILES string of the molecule is CN1CCN(c2nc3ccsc3c(=O)s2)CC1. The van der Waals surface area contributed by atoms with E-state index in [1.807, 2.05) is 11.4 Å². The molecule has 0 saturated carbocycles. The summed E-state index contributed by atoms with van der Waals surface area (Å²) >= 11 is 2.75. The molecule has 0 aromatic carbocycles. The van der Waals surface area contributed by atoms with Gasteiger partial charge in [-0.05, 0) is 18.5 Å². The predicted octanol–water partition coefficient (Wildman–Crippen LogP) is 1.47. The van der Waals surface area contributed by atoms with Crippen molar-refractivity contribution in [2.75, 3.05) is 38.1 Å². The van der Waals surface area contributed by atoms with E-state index >= 15 is 0 Å². The summed E-state index contributed by atoms with van der Waals surface area (Å²) in [7, 11) is 2.12. The van der Waals surface area contributed by atoms with Crippen LogP contribution in [0.1, 0.15) is 0 Å². The van der Waals surface area contributed by atoms with E-state index in [1.165, 1.54) is 22.7 Å². The Morgan fingerprint density at radius 1 is 1.29 bits per heavy atom. The van der Waals surface area contributed by atoms with Crippen LogP contribution in [0.15, 0.2) is 16.2 Å². The van der Waals surface area contributed by atoms with Gasteiger partial charge in [-0.3, -0.25) is 4.79 Å². The van der Waals surface area contributed by atoms with Gasteiger partial charge in [-0.2, -0.15) is 0 Å². The largest absolute Gasteiger partial charge is 0.345 e. The summed E-state index contributed by atoms with van der Waals surface area (Å²) in [6.07, 6.45) is 0. The number of likely N-dealkylation sites (N-methyl/N-ethyl adjacent to an activating group) is 1. The van der Waals surface area contributed by atoms with E-state index in [1.54, 1.807) is 0 Å². The number of fused-ring (bicyclic) bond motifs is 1. The van der Waals surface area contributed by atoms with Gasteiger partial charge < -0.3 is 9.80 Å². The molecule has 0 radical (unpaired) electrons. The van der Waals surface area contributed by atoms with Crippen molar-refractivity contribution >= 4 is 38.0 Å². The molecule has 0 aliphatic carbocycles. The van der Waals surface area contributed by atoms with Crippen molar-refractivity contribution in [3.8, 4) is 0 Å². The summed E-state index contributed by atoms with van der Waals surface area (Å²) in [5, 5.41) is 2.80. The number of hydrogen-bond donors (Lipinski definition) is 0. The minimum Gasteiger partial charge on any atom is -0.345 e. The first-order chi connectivity index (χ1) is 8.24. The highest BCUT2D eigenvalue weighted by Gasteiger charge is 2.17. The van der Waals surface area contributed by atoms with Gasteiger partial charge in [0, 0.05) is 26.2 Å². The van der Waals surface area contributed by atoms with Crippen molar-refractivity contribution in [1.29, 1.82) is 0 Å². The van der Waals surface area contributed by atoms with Crippen molar-refractivity contribution in [1.82, 2.24) is 9.88 Å². The second-order valence-corrected chi connectivity index (χ2v) is 6.07. The molecule has 1 fully saturated rings. The molecule has 4 nitrogen and oxygen atoms in total. The van der Waals surface area contributed by atoms with Crippen LogP contribution in [0.4, 0.5) is 5.13 Å². The van der Waals surface area contributed by atoms with Crippen LogP contribution in [-0.2, 0) is 0 Å². The summed E-state index contributed by atoms with van der Waals surface area (Å²) in [4.78, 5) is 21.0. The van der Waals surface area contributed by atoms with Gasteiger partial charge in [0.05, 0.1) is 5.52 Å². The second-order valence-electron chi connectivity index (χ2n) is 4.21. The maximum Gasteiger partial charge on any atom is 0.255 e. The molecule has 3 heterocycles. The molecular weight excluding hydrogens is 254 g/mol. The fourth-order valence-electron chi connectivity index (χ4n) is 1.93. The van der Waals surface area contributed by atoms with Crippen LogP contribution in [0.5, 0.6) is 0 Å². The normalized spacial score (nSPS) is 17.8. The summed E-state index contributed by atoms with van der Waals surface area (Å²) in [5.41, 5.74) is 0.840. The first-order valence-corrected chi connectivity index (χ1v) is 7.25. The fourth-order valence-corrected chi connectivity index (χ4v) is 3.68. The van der Waals surface area contributed by atoms with Crippen LogP contribution in [0.25, 0.3) is 10.2 Å². The van der Waals surface area contributed by atoms with Gasteiger partial charge in [0.1, 0.15) is 4.70 Å². The summed E-state index contributed by atoms with van der Waals surface area (Å²) in [6.45, 7) is 3.97. The number of thiophene rings is 1. The van der Waals surface area contributed by atoms with Crippen molar-refractivity contribution in [3.05, 3.63) is 21.0 Å². The molecule has 0 spiro atoms. The van der Waals surface area contributed by atoms with Crippen molar-refractivity contribution in [2.24, 2.45) is 0 Å². The Morgan fingerprint density at radius 2 is 2.06 bits per heavy atom. The molecular formula is C11H13N3OS2. The van der Waals surface area contributed by atoms with Crippen molar-refractivity contribution in [2.45, 2.75) is 0 Å². The van der Waals surface area contributed by atoms with Gasteiger partial charge in [-0.25, -0.2) is 4.98 Å². The minimum atomic E-state index is 0.138. The van der Waals surface area contributed by atoms with E-state index in [2.05, 4.69) is 21.8 Å². The Morgan fingerprint density at radius 3 is 2.82 bits per heavy atom. The van der Waals surface area contributed by atoms with Crippen LogP contribution >= 0.6 is 22.7 Å². The molecule has 0 amide bonds. The molecule has 6 heteroatoms. The topological polar surface area (TPSA) is 36.4 Å². The fraction of sp³-hybridized carbons (Fsp3) is 0.455. The van der Waals surface area contributed by atoms with Crippen LogP contribution in [-0.4, -0.2) is 43.1 Å². The molecule has 90 valence electrons. The van der Waals surface area contributed by atoms with E-state index in [4.69, 9.17) is 0 Å². The highest BCUT2D eigenvalue weighted by Crippen LogP contribution is 2.22. The highest BCUT2D eigenvalue weighted by atomic mass is 32.1. The van der Waals surface area contributed by atoms with Gasteiger partial charge >= 0.3 is 0 Å². The lowest BCUT2D eigenvalue weighted by Crippen LogP contribution is -2.44. The maximum atomic E-state index is 11.9. The zero-order chi connectivity index (χ0) is 11.8. The Kier molecular flexibility index (Phi) is 2.85. The molecule has 1 aliphatic heterocycles. The van der Waals surface area contributed by atoms with Crippen molar-refractivity contribution < 1.29 is 0 Å². The minimum absolute atomic E-state index is 0.138. The van der Waals surface area contributed by atoms with Gasteiger partial charge in [0.25, 0.3) is 4.74 Å². The highest BCUT2D eigenvalue weighted by molar-refractivity contribution is 7.21. The van der Waals surface area contributed by atoms with E-state index in [-0.39, 0.29) is 4.74 Å². The van der Waals surface area contributed by atoms with E-state index in [9.17, 15) is 4.79 Å². The molecule has 2 aromatic heterocycles. The number of rotatable bonds is 1. The van der Waals surface area contributed by atoms with Crippen LogP contribution < -0.4 is 9.64 Å². The molecule has 0 N–H and O–H groups in total. The van der Waals surface area contributed by atoms with Gasteiger partial charge in [0.15, 0.2) is 5.13 Å². The molecule has 1 aliphatic rings. The van der Waals surface area contributed by atoms with E-state index in [0.717, 1.165) is 41.5 Å². The lowest BCUT2D eigenvalue weighted by molar-refractivity contribution is 0.313. The lowest BCUT2D eigenvalue weighted by Gasteiger charge is -2.32. The lowest BCUT2D eigenvalue weighted by atomic mass is 10.3. The van der Waals surface area contributed by atoms with Crippen LogP contribution in [0, 0.1) is 0 Å². The standard InChI is InChI=1S/C11H13N3OS2/c1-13-3-5-14(6-4-13)11-12-8-2-7-16-9(8)10(15)17-11/h2,7H,3-6H2,1H3. The summed E-state index contributed by atoms with van der Waals surface area (Å²) in [5.74, 6) is 0. The molecule has 0 unspecified atom stereocenters. The Labute approximate surface area is 107 Å². The first kappa shape index (κ1) is 11.1. The van der Waals surface area contributed by atoms with Gasteiger partial charge in [-0.15, -0.1) is 11.3 Å². The monoisotopic (exact) mass is 267 g/mol. The third-order valence-corrected chi connectivity index (χ3v) is 4.96. The number of hydrogen-bond acceptors (Lipinski definition) is 6. The average Bonchev–Trinajstić information content (AvgIpc) is 2.78. The third-order valence-electron chi connectivity index (χ3n) is 3.00. The average molecular weight is 267 g/mol. The molecule has 17 heavy (non-hydrogen) atoms. The van der Waals surface area contributed by atoms with Crippen LogP contribution in [0.3, 0.4) is 0 Å². The number of nitrogens with zero attached hydrogens (tertiary/aromatic N) is 3. The molecule has 1 saturated heterocycles. The zero-order valence-corrected chi connectivity index (χ0v) is 11.2. The number of anilines is 1. The molecule has 0 atom stereocenters. The molecule has 3 rings (SSSR count). The number of aromatic nitrogens is 1. The smallest absolute Gasteiger partial charge is 0.255 e. The number of piperazine rings is 1. The Hall–Kier alpha value is -0.980. The van der Waals surface area contributed by atoms with Gasteiger partial charge in [-0.1, -0.05) is 11.3 Å². The Bertz CT molecular complexity index is 584.